The first-order valence-corrected chi connectivity index (χ1v) is 7.30. The SMILES string of the molecule is O=C(c1nn(-c2ncc(C(F)(F)F)cc2Cl)c2ccc(F)cc12)C(F)(F)F. The van der Waals surface area contributed by atoms with E-state index in [0.29, 0.717) is 23.0 Å². The third kappa shape index (κ3) is 3.46. The van der Waals surface area contributed by atoms with E-state index >= 15 is 0 Å². The van der Waals surface area contributed by atoms with Crippen LogP contribution in [0.25, 0.3) is 16.7 Å². The topological polar surface area (TPSA) is 47.8 Å². The first-order chi connectivity index (χ1) is 12.4. The molecule has 0 aliphatic heterocycles. The molecule has 0 saturated carbocycles. The molecule has 0 aliphatic rings. The van der Waals surface area contributed by atoms with E-state index in [9.17, 15) is 35.5 Å². The number of aromatic nitrogens is 3. The minimum Gasteiger partial charge on any atom is -0.282 e. The van der Waals surface area contributed by atoms with Crippen molar-refractivity contribution < 1.29 is 35.5 Å². The highest BCUT2D eigenvalue weighted by molar-refractivity contribution is 6.32. The van der Waals surface area contributed by atoms with Crippen LogP contribution in [-0.4, -0.2) is 26.7 Å². The summed E-state index contributed by atoms with van der Waals surface area (Å²) < 4.78 is 90.6. The van der Waals surface area contributed by atoms with Crippen LogP contribution in [-0.2, 0) is 6.18 Å². The van der Waals surface area contributed by atoms with Crippen molar-refractivity contribution in [1.29, 1.82) is 0 Å². The van der Waals surface area contributed by atoms with Crippen LogP contribution in [0.2, 0.25) is 5.02 Å². The Kier molecular flexibility index (Phi) is 4.37. The maximum Gasteiger partial charge on any atom is 0.456 e. The molecule has 12 heteroatoms. The molecular weight excluding hydrogens is 407 g/mol. The van der Waals surface area contributed by atoms with Crippen molar-refractivity contribution in [1.82, 2.24) is 14.8 Å². The van der Waals surface area contributed by atoms with Crippen molar-refractivity contribution in [2.24, 2.45) is 0 Å². The zero-order valence-corrected chi connectivity index (χ0v) is 13.4. The van der Waals surface area contributed by atoms with Gasteiger partial charge in [0.1, 0.15) is 11.5 Å². The molecule has 3 rings (SSSR count). The van der Waals surface area contributed by atoms with Gasteiger partial charge in [-0.05, 0) is 24.3 Å². The van der Waals surface area contributed by atoms with Crippen LogP contribution in [0.3, 0.4) is 0 Å². The van der Waals surface area contributed by atoms with Gasteiger partial charge in [-0.1, -0.05) is 11.6 Å². The van der Waals surface area contributed by atoms with Crippen LogP contribution in [0, 0.1) is 5.82 Å². The van der Waals surface area contributed by atoms with E-state index in [1.807, 2.05) is 0 Å². The summed E-state index contributed by atoms with van der Waals surface area (Å²) in [6.07, 6.45) is -9.64. The number of fused-ring (bicyclic) bond motifs is 1. The van der Waals surface area contributed by atoms with Crippen LogP contribution in [0.1, 0.15) is 16.1 Å². The minimum absolute atomic E-state index is 0.196. The summed E-state index contributed by atoms with van der Waals surface area (Å²) in [5.74, 6) is -3.74. The average molecular weight is 412 g/mol. The number of hydrogen-bond acceptors (Lipinski definition) is 3. The normalized spacial score (nSPS) is 12.6. The Morgan fingerprint density at radius 1 is 1.07 bits per heavy atom. The van der Waals surface area contributed by atoms with Crippen molar-refractivity contribution in [3.63, 3.8) is 0 Å². The zero-order valence-electron chi connectivity index (χ0n) is 12.7. The molecule has 0 saturated heterocycles. The second-order valence-corrected chi connectivity index (χ2v) is 5.68. The lowest BCUT2D eigenvalue weighted by molar-refractivity contribution is -0.137. The third-order valence-corrected chi connectivity index (χ3v) is 3.74. The third-order valence-electron chi connectivity index (χ3n) is 3.46. The maximum absolute atomic E-state index is 13.5. The fraction of sp³-hybridized carbons (Fsp3) is 0.133. The lowest BCUT2D eigenvalue weighted by Gasteiger charge is -2.09. The number of halogens is 8. The molecule has 27 heavy (non-hydrogen) atoms. The number of carbonyl (C=O) groups is 1. The van der Waals surface area contributed by atoms with E-state index in [4.69, 9.17) is 11.6 Å². The predicted molar refractivity (Wildman–Crippen MR) is 79.2 cm³/mol. The van der Waals surface area contributed by atoms with E-state index in [1.165, 1.54) is 0 Å². The monoisotopic (exact) mass is 411 g/mol. The highest BCUT2D eigenvalue weighted by Crippen LogP contribution is 2.34. The molecule has 0 unspecified atom stereocenters. The highest BCUT2D eigenvalue weighted by atomic mass is 35.5. The number of alkyl halides is 6. The molecule has 0 atom stereocenters. The van der Waals surface area contributed by atoms with Crippen molar-refractivity contribution in [2.45, 2.75) is 12.4 Å². The number of hydrogen-bond donors (Lipinski definition) is 0. The zero-order chi connectivity index (χ0) is 20.1. The van der Waals surface area contributed by atoms with E-state index in [0.717, 1.165) is 12.1 Å². The largest absolute Gasteiger partial charge is 0.456 e. The van der Waals surface area contributed by atoms with Crippen molar-refractivity contribution in [2.75, 3.05) is 0 Å². The molecule has 0 amide bonds. The van der Waals surface area contributed by atoms with Gasteiger partial charge in [0.15, 0.2) is 5.82 Å². The van der Waals surface area contributed by atoms with Gasteiger partial charge in [0, 0.05) is 11.6 Å². The van der Waals surface area contributed by atoms with Gasteiger partial charge in [-0.25, -0.2) is 14.1 Å². The van der Waals surface area contributed by atoms with Crippen molar-refractivity contribution in [3.05, 3.63) is 52.6 Å². The molecule has 0 fully saturated rings. The minimum atomic E-state index is -5.30. The summed E-state index contributed by atoms with van der Waals surface area (Å²) in [6, 6.07) is 3.03. The smallest absolute Gasteiger partial charge is 0.282 e. The summed E-state index contributed by atoms with van der Waals surface area (Å²) >= 11 is 5.78. The van der Waals surface area contributed by atoms with Gasteiger partial charge in [0.2, 0.25) is 0 Å². The molecule has 0 bridgehead atoms. The van der Waals surface area contributed by atoms with Crippen LogP contribution >= 0.6 is 11.6 Å². The second-order valence-electron chi connectivity index (χ2n) is 5.28. The fourth-order valence-corrected chi connectivity index (χ4v) is 2.54. The van der Waals surface area contributed by atoms with Gasteiger partial charge < -0.3 is 0 Å². The van der Waals surface area contributed by atoms with Crippen LogP contribution in [0.5, 0.6) is 0 Å². The van der Waals surface area contributed by atoms with Crippen molar-refractivity contribution in [3.8, 4) is 5.82 Å². The predicted octanol–water partition coefficient (Wildman–Crippen LogP) is 4.98. The van der Waals surface area contributed by atoms with E-state index < -0.39 is 51.4 Å². The number of carbonyl (C=O) groups excluding carboxylic acids is 1. The lowest BCUT2D eigenvalue weighted by Crippen LogP contribution is -2.23. The molecule has 3 aromatic rings. The molecule has 1 aromatic carbocycles. The number of nitrogens with zero attached hydrogens (tertiary/aromatic N) is 3. The number of rotatable bonds is 2. The molecule has 142 valence electrons. The molecule has 0 N–H and O–H groups in total. The first kappa shape index (κ1) is 19.1. The Hall–Kier alpha value is -2.69. The van der Waals surface area contributed by atoms with Gasteiger partial charge in [-0.15, -0.1) is 0 Å². The summed E-state index contributed by atoms with van der Waals surface area (Å²) in [4.78, 5) is 15.1. The molecule has 2 heterocycles. The number of pyridine rings is 1. The van der Waals surface area contributed by atoms with E-state index in [2.05, 4.69) is 10.1 Å². The van der Waals surface area contributed by atoms with Gasteiger partial charge in [-0.3, -0.25) is 4.79 Å². The molecule has 2 aromatic heterocycles. The first-order valence-electron chi connectivity index (χ1n) is 6.92. The lowest BCUT2D eigenvalue weighted by atomic mass is 10.1. The quantitative estimate of drug-likeness (QED) is 0.441. The number of ketones is 1. The standard InChI is InChI=1S/C15H5ClF7N3O/c16-9-3-6(14(18,19)20)5-24-13(9)26-10-2-1-7(17)4-8(10)11(25-26)12(27)15(21,22)23/h1-5H. The Morgan fingerprint density at radius 2 is 1.74 bits per heavy atom. The van der Waals surface area contributed by atoms with Crippen molar-refractivity contribution >= 4 is 28.3 Å². The molecule has 0 aliphatic carbocycles. The van der Waals surface area contributed by atoms with Crippen LogP contribution < -0.4 is 0 Å². The van der Waals surface area contributed by atoms with E-state index in [-0.39, 0.29) is 5.52 Å². The summed E-state index contributed by atoms with van der Waals surface area (Å²) in [7, 11) is 0. The van der Waals surface area contributed by atoms with Gasteiger partial charge >= 0.3 is 12.4 Å². The summed E-state index contributed by atoms with van der Waals surface area (Å²) in [6.45, 7) is 0. The van der Waals surface area contributed by atoms with Crippen LogP contribution in [0.15, 0.2) is 30.5 Å². The molecule has 4 nitrogen and oxygen atoms in total. The summed E-state index contributed by atoms with van der Waals surface area (Å²) in [5.41, 5.74) is -2.52. The summed E-state index contributed by atoms with van der Waals surface area (Å²) in [5, 5.41) is 2.40. The van der Waals surface area contributed by atoms with Gasteiger partial charge in [-0.2, -0.15) is 31.4 Å². The Bertz CT molecular complexity index is 1060. The average Bonchev–Trinajstić information content (AvgIpc) is 2.90. The molecule has 0 radical (unpaired) electrons. The fourth-order valence-electron chi connectivity index (χ4n) is 2.30. The molecular formula is C15H5ClF7N3O. The highest BCUT2D eigenvalue weighted by Gasteiger charge is 2.42. The van der Waals surface area contributed by atoms with Gasteiger partial charge in [0.25, 0.3) is 5.78 Å². The Labute approximate surface area is 150 Å². The van der Waals surface area contributed by atoms with E-state index in [1.54, 1.807) is 0 Å². The molecule has 0 spiro atoms. The van der Waals surface area contributed by atoms with Crippen LogP contribution in [0.4, 0.5) is 30.7 Å². The maximum atomic E-state index is 13.5. The Balaban J connectivity index is 2.26. The number of benzene rings is 1. The Morgan fingerprint density at radius 3 is 2.30 bits per heavy atom. The van der Waals surface area contributed by atoms with Gasteiger partial charge in [0.05, 0.1) is 16.1 Å². The number of Topliss-reactive ketones (excluding diaryl/α,β-unsaturated/α-hetero) is 1. The second kappa shape index (κ2) is 6.19.